The monoisotopic (exact) mass is 346 g/mol. The van der Waals surface area contributed by atoms with Crippen LogP contribution in [-0.4, -0.2) is 14.3 Å². The van der Waals surface area contributed by atoms with Crippen LogP contribution in [0.15, 0.2) is 53.4 Å². The van der Waals surface area contributed by atoms with Crippen molar-refractivity contribution in [1.29, 1.82) is 0 Å². The largest absolute Gasteiger partial charge is 0.326 e. The van der Waals surface area contributed by atoms with Gasteiger partial charge in [0.2, 0.25) is 5.91 Å². The summed E-state index contributed by atoms with van der Waals surface area (Å²) in [6.45, 7) is 5.85. The summed E-state index contributed by atoms with van der Waals surface area (Å²) in [5.41, 5.74) is 2.08. The second-order valence-corrected chi connectivity index (χ2v) is 7.82. The van der Waals surface area contributed by atoms with Crippen LogP contribution in [0.1, 0.15) is 25.8 Å². The lowest BCUT2D eigenvalue weighted by Gasteiger charge is -2.10. The number of sulfonamides is 1. The molecule has 0 aliphatic carbocycles. The molecule has 6 heteroatoms. The van der Waals surface area contributed by atoms with Crippen molar-refractivity contribution in [3.8, 4) is 0 Å². The highest BCUT2D eigenvalue weighted by Crippen LogP contribution is 2.19. The fourth-order valence-electron chi connectivity index (χ4n) is 2.14. The van der Waals surface area contributed by atoms with Gasteiger partial charge in [-0.15, -0.1) is 0 Å². The summed E-state index contributed by atoms with van der Waals surface area (Å²) in [6.07, 6.45) is 0.446. The molecular formula is C18H22N2O3S. The maximum absolute atomic E-state index is 12.3. The van der Waals surface area contributed by atoms with E-state index in [1.165, 1.54) is 0 Å². The summed E-state index contributed by atoms with van der Waals surface area (Å²) in [6, 6.07) is 13.2. The molecule has 0 atom stereocenters. The summed E-state index contributed by atoms with van der Waals surface area (Å²) >= 11 is 0. The highest BCUT2D eigenvalue weighted by molar-refractivity contribution is 7.92. The third-order valence-corrected chi connectivity index (χ3v) is 4.74. The first-order valence-corrected chi connectivity index (χ1v) is 9.24. The van der Waals surface area contributed by atoms with E-state index < -0.39 is 10.0 Å². The van der Waals surface area contributed by atoms with Crippen LogP contribution in [-0.2, 0) is 14.8 Å². The highest BCUT2D eigenvalue weighted by Gasteiger charge is 2.13. The molecule has 0 aliphatic rings. The minimum absolute atomic E-state index is 0.0574. The number of benzene rings is 2. The molecule has 0 unspecified atom stereocenters. The van der Waals surface area contributed by atoms with E-state index in [1.807, 2.05) is 20.8 Å². The predicted octanol–water partition coefficient (Wildman–Crippen LogP) is 3.78. The maximum Gasteiger partial charge on any atom is 0.261 e. The molecule has 0 saturated heterocycles. The van der Waals surface area contributed by atoms with Crippen LogP contribution >= 0.6 is 0 Å². The van der Waals surface area contributed by atoms with Crippen LogP contribution in [0.25, 0.3) is 0 Å². The van der Waals surface area contributed by atoms with E-state index >= 15 is 0 Å². The fourth-order valence-corrected chi connectivity index (χ4v) is 3.19. The molecule has 1 amide bonds. The molecule has 2 aromatic carbocycles. The zero-order chi connectivity index (χ0) is 17.7. The maximum atomic E-state index is 12.3. The smallest absolute Gasteiger partial charge is 0.261 e. The molecule has 0 fully saturated rings. The molecular weight excluding hydrogens is 324 g/mol. The molecule has 2 rings (SSSR count). The van der Waals surface area contributed by atoms with Crippen LogP contribution < -0.4 is 10.0 Å². The van der Waals surface area contributed by atoms with Crippen molar-refractivity contribution in [3.05, 3.63) is 54.1 Å². The van der Waals surface area contributed by atoms with Crippen LogP contribution in [0.3, 0.4) is 0 Å². The molecule has 0 spiro atoms. The minimum atomic E-state index is -3.62. The van der Waals surface area contributed by atoms with Crippen molar-refractivity contribution in [2.45, 2.75) is 32.1 Å². The summed E-state index contributed by atoms with van der Waals surface area (Å²) in [4.78, 5) is 11.9. The van der Waals surface area contributed by atoms with Gasteiger partial charge < -0.3 is 5.32 Å². The zero-order valence-corrected chi connectivity index (χ0v) is 14.9. The summed E-state index contributed by atoms with van der Waals surface area (Å²) < 4.78 is 27.2. The molecule has 0 aliphatic heterocycles. The Labute approximate surface area is 143 Å². The first-order chi connectivity index (χ1) is 11.3. The van der Waals surface area contributed by atoms with Gasteiger partial charge >= 0.3 is 0 Å². The van der Waals surface area contributed by atoms with Crippen LogP contribution in [0, 0.1) is 12.8 Å². The molecule has 5 nitrogen and oxygen atoms in total. The third kappa shape index (κ3) is 5.09. The lowest BCUT2D eigenvalue weighted by Crippen LogP contribution is -2.14. The molecule has 0 aromatic heterocycles. The predicted molar refractivity (Wildman–Crippen MR) is 96.5 cm³/mol. The molecule has 2 N–H and O–H groups in total. The Balaban J connectivity index is 2.05. The van der Waals surface area contributed by atoms with E-state index in [0.717, 1.165) is 5.56 Å². The lowest BCUT2D eigenvalue weighted by atomic mass is 10.1. The molecule has 0 saturated carbocycles. The Morgan fingerprint density at radius 2 is 1.50 bits per heavy atom. The van der Waals surface area contributed by atoms with Gasteiger partial charge in [-0.2, -0.15) is 0 Å². The third-order valence-electron chi connectivity index (χ3n) is 3.35. The zero-order valence-electron chi connectivity index (χ0n) is 14.0. The molecule has 0 heterocycles. The molecule has 0 bridgehead atoms. The summed E-state index contributed by atoms with van der Waals surface area (Å²) in [5.74, 6) is 0.226. The van der Waals surface area contributed by atoms with E-state index in [-0.39, 0.29) is 16.7 Å². The summed E-state index contributed by atoms with van der Waals surface area (Å²) in [7, 11) is -3.62. The van der Waals surface area contributed by atoms with Gasteiger partial charge in [-0.3, -0.25) is 9.52 Å². The van der Waals surface area contributed by atoms with Gasteiger partial charge in [0.05, 0.1) is 4.90 Å². The number of hydrogen-bond acceptors (Lipinski definition) is 3. The normalized spacial score (nSPS) is 11.3. The van der Waals surface area contributed by atoms with Gasteiger partial charge in [-0.25, -0.2) is 8.42 Å². The topological polar surface area (TPSA) is 75.3 Å². The van der Waals surface area contributed by atoms with Crippen molar-refractivity contribution in [3.63, 3.8) is 0 Å². The number of aryl methyl sites for hydroxylation is 1. The van der Waals surface area contributed by atoms with Crippen molar-refractivity contribution < 1.29 is 13.2 Å². The number of carbonyl (C=O) groups is 1. The SMILES string of the molecule is Cc1ccc(S(=O)(=O)Nc2ccc(NC(=O)CC(C)C)cc2)cc1. The van der Waals surface area contributed by atoms with E-state index in [4.69, 9.17) is 0 Å². The number of amides is 1. The van der Waals surface area contributed by atoms with Crippen molar-refractivity contribution in [1.82, 2.24) is 0 Å². The number of hydrogen-bond donors (Lipinski definition) is 2. The van der Waals surface area contributed by atoms with Gasteiger partial charge in [0.1, 0.15) is 0 Å². The molecule has 2 aromatic rings. The van der Waals surface area contributed by atoms with Crippen LogP contribution in [0.4, 0.5) is 11.4 Å². The Kier molecular flexibility index (Phi) is 5.62. The van der Waals surface area contributed by atoms with Crippen LogP contribution in [0.5, 0.6) is 0 Å². The van der Waals surface area contributed by atoms with Crippen molar-refractivity contribution >= 4 is 27.3 Å². The average molecular weight is 346 g/mol. The number of rotatable bonds is 6. The van der Waals surface area contributed by atoms with E-state index in [1.54, 1.807) is 48.5 Å². The number of carbonyl (C=O) groups excluding carboxylic acids is 1. The Bertz CT molecular complexity index is 795. The highest BCUT2D eigenvalue weighted by atomic mass is 32.2. The second kappa shape index (κ2) is 7.49. The summed E-state index contributed by atoms with van der Waals surface area (Å²) in [5, 5.41) is 2.79. The molecule has 128 valence electrons. The molecule has 24 heavy (non-hydrogen) atoms. The Morgan fingerprint density at radius 3 is 2.04 bits per heavy atom. The lowest BCUT2D eigenvalue weighted by molar-refractivity contribution is -0.116. The first kappa shape index (κ1) is 18.0. The Morgan fingerprint density at radius 1 is 0.958 bits per heavy atom. The van der Waals surface area contributed by atoms with Crippen molar-refractivity contribution in [2.75, 3.05) is 10.0 Å². The number of anilines is 2. The van der Waals surface area contributed by atoms with E-state index in [9.17, 15) is 13.2 Å². The molecule has 0 radical (unpaired) electrons. The van der Waals surface area contributed by atoms with Gasteiger partial charge in [0, 0.05) is 17.8 Å². The first-order valence-electron chi connectivity index (χ1n) is 7.75. The quantitative estimate of drug-likeness (QED) is 0.836. The minimum Gasteiger partial charge on any atom is -0.326 e. The Hall–Kier alpha value is -2.34. The van der Waals surface area contributed by atoms with Crippen molar-refractivity contribution in [2.24, 2.45) is 5.92 Å². The van der Waals surface area contributed by atoms with E-state index in [0.29, 0.717) is 17.8 Å². The average Bonchev–Trinajstić information content (AvgIpc) is 2.48. The van der Waals surface area contributed by atoms with Gasteiger partial charge in [-0.05, 0) is 49.2 Å². The fraction of sp³-hybridized carbons (Fsp3) is 0.278. The second-order valence-electron chi connectivity index (χ2n) is 6.14. The van der Waals surface area contributed by atoms with Gasteiger partial charge in [0.15, 0.2) is 0 Å². The standard InChI is InChI=1S/C18H22N2O3S/c1-13(2)12-18(21)19-15-6-8-16(9-7-15)20-24(22,23)17-10-4-14(3)5-11-17/h4-11,13,20H,12H2,1-3H3,(H,19,21). The van der Waals surface area contributed by atoms with E-state index in [2.05, 4.69) is 10.0 Å². The van der Waals surface area contributed by atoms with Gasteiger partial charge in [0.25, 0.3) is 10.0 Å². The number of nitrogens with one attached hydrogen (secondary N) is 2. The van der Waals surface area contributed by atoms with Gasteiger partial charge in [-0.1, -0.05) is 31.5 Å². The van der Waals surface area contributed by atoms with Crippen LogP contribution in [0.2, 0.25) is 0 Å².